The van der Waals surface area contributed by atoms with Crippen LogP contribution in [-0.2, 0) is 6.42 Å². The van der Waals surface area contributed by atoms with Crippen molar-refractivity contribution in [2.24, 2.45) is 5.92 Å². The molecule has 1 aliphatic rings. The van der Waals surface area contributed by atoms with Crippen molar-refractivity contribution in [3.63, 3.8) is 0 Å². The molecule has 4 heteroatoms. The van der Waals surface area contributed by atoms with Crippen LogP contribution in [0.2, 0.25) is 0 Å². The molecule has 0 heterocycles. The smallest absolute Gasteiger partial charge is 0.122 e. The van der Waals surface area contributed by atoms with E-state index in [1.807, 2.05) is 31.1 Å². The Kier molecular flexibility index (Phi) is 9.61. The van der Waals surface area contributed by atoms with Crippen LogP contribution in [0.5, 0.6) is 5.75 Å². The molecule has 0 radical (unpaired) electrons. The molecule has 0 aliphatic heterocycles. The normalized spacial score (nSPS) is 16.9. The van der Waals surface area contributed by atoms with Crippen LogP contribution < -0.4 is 4.74 Å². The topological polar surface area (TPSA) is 32.7 Å². The zero-order valence-corrected chi connectivity index (χ0v) is 15.4. The fourth-order valence-electron chi connectivity index (χ4n) is 3.35. The van der Waals surface area contributed by atoms with Crippen molar-refractivity contribution >= 4 is 12.4 Å². The molecule has 1 aliphatic carbocycles. The minimum absolute atomic E-state index is 0. The summed E-state index contributed by atoms with van der Waals surface area (Å²) in [5.74, 6) is 1.83. The highest BCUT2D eigenvalue weighted by Gasteiger charge is 2.15. The van der Waals surface area contributed by atoms with E-state index >= 15 is 0 Å². The Morgan fingerprint density at radius 2 is 1.87 bits per heavy atom. The number of benzene rings is 1. The standard InChI is InChI=1S/C19H31NO2.ClH/c1-20(2)14-18(21)15-22-19-11-7-6-10-17(19)13-12-16-8-4-3-5-9-16;/h6-7,10-11,16,18,21H,3-5,8-9,12-15H2,1-2H3;1H. The highest BCUT2D eigenvalue weighted by atomic mass is 35.5. The van der Waals surface area contributed by atoms with Crippen molar-refractivity contribution in [1.82, 2.24) is 4.90 Å². The van der Waals surface area contributed by atoms with Crippen molar-refractivity contribution in [2.75, 3.05) is 27.2 Å². The Morgan fingerprint density at radius 3 is 2.57 bits per heavy atom. The number of para-hydroxylation sites is 1. The molecule has 1 aromatic carbocycles. The van der Waals surface area contributed by atoms with Gasteiger partial charge in [-0.15, -0.1) is 12.4 Å². The third kappa shape index (κ3) is 7.56. The van der Waals surface area contributed by atoms with Gasteiger partial charge < -0.3 is 14.7 Å². The second-order valence-corrected chi connectivity index (χ2v) is 6.88. The highest BCUT2D eigenvalue weighted by Crippen LogP contribution is 2.29. The molecule has 0 bridgehead atoms. The molecule has 2 rings (SSSR count). The number of ether oxygens (including phenoxy) is 1. The number of aliphatic hydroxyl groups is 1. The number of aryl methyl sites for hydroxylation is 1. The van der Waals surface area contributed by atoms with Gasteiger partial charge in [0.05, 0.1) is 0 Å². The number of nitrogens with zero attached hydrogens (tertiary/aromatic N) is 1. The van der Waals surface area contributed by atoms with Crippen molar-refractivity contribution in [1.29, 1.82) is 0 Å². The lowest BCUT2D eigenvalue weighted by molar-refractivity contribution is 0.0826. The van der Waals surface area contributed by atoms with E-state index in [9.17, 15) is 5.11 Å². The molecule has 23 heavy (non-hydrogen) atoms. The molecule has 1 aromatic rings. The maximum Gasteiger partial charge on any atom is 0.122 e. The summed E-state index contributed by atoms with van der Waals surface area (Å²) < 4.78 is 5.86. The largest absolute Gasteiger partial charge is 0.491 e. The maximum atomic E-state index is 9.94. The van der Waals surface area contributed by atoms with Gasteiger partial charge in [0.25, 0.3) is 0 Å². The van der Waals surface area contributed by atoms with Crippen molar-refractivity contribution < 1.29 is 9.84 Å². The molecule has 1 atom stereocenters. The number of hydrogen-bond donors (Lipinski definition) is 1. The lowest BCUT2D eigenvalue weighted by Gasteiger charge is -2.22. The van der Waals surface area contributed by atoms with E-state index < -0.39 is 6.10 Å². The van der Waals surface area contributed by atoms with Crippen LogP contribution in [0.15, 0.2) is 24.3 Å². The molecule has 132 valence electrons. The van der Waals surface area contributed by atoms with Crippen LogP contribution in [0.4, 0.5) is 0 Å². The summed E-state index contributed by atoms with van der Waals surface area (Å²) in [6.07, 6.45) is 8.92. The van der Waals surface area contributed by atoms with Gasteiger partial charge >= 0.3 is 0 Å². The minimum atomic E-state index is -0.443. The number of rotatable bonds is 8. The van der Waals surface area contributed by atoms with Crippen LogP contribution in [0.3, 0.4) is 0 Å². The van der Waals surface area contributed by atoms with Gasteiger partial charge in [-0.3, -0.25) is 0 Å². The van der Waals surface area contributed by atoms with E-state index in [0.717, 1.165) is 18.1 Å². The Balaban J connectivity index is 0.00000264. The second kappa shape index (κ2) is 10.9. The first-order valence-corrected chi connectivity index (χ1v) is 8.68. The summed E-state index contributed by atoms with van der Waals surface area (Å²) in [5.41, 5.74) is 1.28. The SMILES string of the molecule is CN(C)CC(O)COc1ccccc1CCC1CCCCC1.Cl. The average Bonchev–Trinajstić information content (AvgIpc) is 2.52. The van der Waals surface area contributed by atoms with Gasteiger partial charge in [-0.1, -0.05) is 50.3 Å². The van der Waals surface area contributed by atoms with Crippen molar-refractivity contribution in [3.8, 4) is 5.75 Å². The molecule has 1 unspecified atom stereocenters. The summed E-state index contributed by atoms with van der Waals surface area (Å²) in [4.78, 5) is 1.98. The van der Waals surface area contributed by atoms with Gasteiger partial charge in [0, 0.05) is 6.54 Å². The predicted molar refractivity (Wildman–Crippen MR) is 98.6 cm³/mol. The van der Waals surface area contributed by atoms with E-state index in [1.54, 1.807) is 0 Å². The lowest BCUT2D eigenvalue weighted by atomic mass is 9.85. The van der Waals surface area contributed by atoms with E-state index in [-0.39, 0.29) is 12.4 Å². The third-order valence-electron chi connectivity index (χ3n) is 4.53. The minimum Gasteiger partial charge on any atom is -0.491 e. The van der Waals surface area contributed by atoms with E-state index in [1.165, 1.54) is 44.1 Å². The summed E-state index contributed by atoms with van der Waals surface area (Å²) in [6, 6.07) is 8.28. The zero-order valence-electron chi connectivity index (χ0n) is 14.5. The molecule has 3 nitrogen and oxygen atoms in total. The number of hydrogen-bond acceptors (Lipinski definition) is 3. The maximum absolute atomic E-state index is 9.94. The van der Waals surface area contributed by atoms with Crippen LogP contribution in [0.25, 0.3) is 0 Å². The van der Waals surface area contributed by atoms with Crippen molar-refractivity contribution in [2.45, 2.75) is 51.0 Å². The highest BCUT2D eigenvalue weighted by molar-refractivity contribution is 5.85. The first kappa shape index (κ1) is 20.3. The van der Waals surface area contributed by atoms with Crippen molar-refractivity contribution in [3.05, 3.63) is 29.8 Å². The van der Waals surface area contributed by atoms with Crippen LogP contribution >= 0.6 is 12.4 Å². The Hall–Kier alpha value is -0.770. The average molecular weight is 342 g/mol. The third-order valence-corrected chi connectivity index (χ3v) is 4.53. The van der Waals surface area contributed by atoms with Gasteiger partial charge in [0.2, 0.25) is 0 Å². The quantitative estimate of drug-likeness (QED) is 0.777. The molecular formula is C19H32ClNO2. The predicted octanol–water partition coefficient (Wildman–Crippen LogP) is 3.92. The molecule has 0 saturated heterocycles. The van der Waals surface area contributed by atoms with E-state index in [4.69, 9.17) is 4.74 Å². The summed E-state index contributed by atoms with van der Waals surface area (Å²) in [6.45, 7) is 0.989. The van der Waals surface area contributed by atoms with E-state index in [2.05, 4.69) is 12.1 Å². The molecule has 0 spiro atoms. The first-order valence-electron chi connectivity index (χ1n) is 8.68. The van der Waals surface area contributed by atoms with Gasteiger partial charge in [-0.2, -0.15) is 0 Å². The molecule has 0 aromatic heterocycles. The molecule has 0 amide bonds. The zero-order chi connectivity index (χ0) is 15.8. The monoisotopic (exact) mass is 341 g/mol. The summed E-state index contributed by atoms with van der Waals surface area (Å²) in [5, 5.41) is 9.94. The van der Waals surface area contributed by atoms with Gasteiger partial charge in [0.15, 0.2) is 0 Å². The fourth-order valence-corrected chi connectivity index (χ4v) is 3.35. The number of aliphatic hydroxyl groups excluding tert-OH is 1. The van der Waals surface area contributed by atoms with Gasteiger partial charge in [0.1, 0.15) is 18.5 Å². The molecule has 1 saturated carbocycles. The molecule has 1 fully saturated rings. The summed E-state index contributed by atoms with van der Waals surface area (Å²) in [7, 11) is 3.92. The fraction of sp³-hybridized carbons (Fsp3) is 0.684. The van der Waals surface area contributed by atoms with Crippen LogP contribution in [0.1, 0.15) is 44.1 Å². The number of halogens is 1. The summed E-state index contributed by atoms with van der Waals surface area (Å²) >= 11 is 0. The van der Waals surface area contributed by atoms with Crippen LogP contribution in [0, 0.1) is 5.92 Å². The van der Waals surface area contributed by atoms with Gasteiger partial charge in [-0.25, -0.2) is 0 Å². The second-order valence-electron chi connectivity index (χ2n) is 6.88. The molecular weight excluding hydrogens is 310 g/mol. The first-order chi connectivity index (χ1) is 10.6. The van der Waals surface area contributed by atoms with E-state index in [0.29, 0.717) is 13.2 Å². The Bertz CT molecular complexity index is 433. The Labute approximate surface area is 147 Å². The Morgan fingerprint density at radius 1 is 1.17 bits per heavy atom. The lowest BCUT2D eigenvalue weighted by Crippen LogP contribution is -2.30. The molecule has 1 N–H and O–H groups in total. The number of likely N-dealkylation sites (N-methyl/N-ethyl adjacent to an activating group) is 1. The van der Waals surface area contributed by atoms with Crippen LogP contribution in [-0.4, -0.2) is 43.4 Å². The van der Waals surface area contributed by atoms with Gasteiger partial charge in [-0.05, 0) is 44.5 Å².